The first-order valence-electron chi connectivity index (χ1n) is 6.52. The monoisotopic (exact) mass is 250 g/mol. The van der Waals surface area contributed by atoms with E-state index in [1.54, 1.807) is 0 Å². The molecule has 0 radical (unpaired) electrons. The Hall–Kier alpha value is -1.29. The molecular formula is C14H22N2O2. The number of pyridine rings is 1. The van der Waals surface area contributed by atoms with Crippen LogP contribution >= 0.6 is 0 Å². The maximum absolute atomic E-state index is 5.88. The van der Waals surface area contributed by atoms with Gasteiger partial charge in [-0.3, -0.25) is 0 Å². The Balaban J connectivity index is 1.98. The van der Waals surface area contributed by atoms with E-state index in [1.807, 2.05) is 18.2 Å². The number of rotatable bonds is 3. The fourth-order valence-corrected chi connectivity index (χ4v) is 1.90. The maximum Gasteiger partial charge on any atom is 0.215 e. The molecule has 1 aliphatic heterocycles. The molecule has 18 heavy (non-hydrogen) atoms. The van der Waals surface area contributed by atoms with Gasteiger partial charge < -0.3 is 14.8 Å². The van der Waals surface area contributed by atoms with Gasteiger partial charge in [-0.1, -0.05) is 6.07 Å². The first-order valence-corrected chi connectivity index (χ1v) is 6.52. The summed E-state index contributed by atoms with van der Waals surface area (Å²) < 4.78 is 11.2. The molecule has 0 amide bonds. The molecule has 1 aromatic heterocycles. The van der Waals surface area contributed by atoms with Crippen LogP contribution in [0, 0.1) is 0 Å². The summed E-state index contributed by atoms with van der Waals surface area (Å²) in [4.78, 5) is 4.48. The minimum atomic E-state index is 0.00427. The molecule has 0 unspecified atom stereocenters. The zero-order chi connectivity index (χ0) is 13.0. The highest BCUT2D eigenvalue weighted by Gasteiger charge is 2.16. The SMILES string of the molecule is CC(C)(C)Nc1cccc(OC2CCOCC2)n1. The lowest BCUT2D eigenvalue weighted by Crippen LogP contribution is -2.28. The molecular weight excluding hydrogens is 228 g/mol. The summed E-state index contributed by atoms with van der Waals surface area (Å²) in [7, 11) is 0. The van der Waals surface area contributed by atoms with E-state index in [2.05, 4.69) is 31.1 Å². The molecule has 1 aromatic rings. The lowest BCUT2D eigenvalue weighted by atomic mass is 10.1. The summed E-state index contributed by atoms with van der Waals surface area (Å²) in [6, 6.07) is 5.83. The standard InChI is InChI=1S/C14H22N2O2/c1-14(2,3)16-12-5-4-6-13(15-12)18-11-7-9-17-10-8-11/h4-6,11H,7-10H2,1-3H3,(H,15,16). The molecule has 1 aliphatic rings. The molecule has 0 aliphatic carbocycles. The van der Waals surface area contributed by atoms with Crippen LogP contribution in [-0.4, -0.2) is 29.8 Å². The van der Waals surface area contributed by atoms with Gasteiger partial charge in [-0.05, 0) is 26.8 Å². The number of nitrogens with zero attached hydrogens (tertiary/aromatic N) is 1. The summed E-state index contributed by atoms with van der Waals surface area (Å²) in [5, 5.41) is 3.34. The number of nitrogens with one attached hydrogen (secondary N) is 1. The second-order valence-corrected chi connectivity index (χ2v) is 5.67. The van der Waals surface area contributed by atoms with Crippen molar-refractivity contribution in [2.45, 2.75) is 45.3 Å². The molecule has 1 fully saturated rings. The largest absolute Gasteiger partial charge is 0.474 e. The van der Waals surface area contributed by atoms with Crippen molar-refractivity contribution in [2.24, 2.45) is 0 Å². The Labute approximate surface area is 109 Å². The average Bonchev–Trinajstić information content (AvgIpc) is 2.28. The smallest absolute Gasteiger partial charge is 0.215 e. The molecule has 100 valence electrons. The third-order valence-electron chi connectivity index (χ3n) is 2.68. The van der Waals surface area contributed by atoms with Crippen LogP contribution < -0.4 is 10.1 Å². The highest BCUT2D eigenvalue weighted by atomic mass is 16.5. The van der Waals surface area contributed by atoms with Crippen LogP contribution in [0.25, 0.3) is 0 Å². The Morgan fingerprint density at radius 2 is 2.00 bits per heavy atom. The van der Waals surface area contributed by atoms with E-state index in [0.717, 1.165) is 31.9 Å². The molecule has 0 atom stereocenters. The molecule has 1 saturated heterocycles. The Morgan fingerprint density at radius 1 is 1.28 bits per heavy atom. The fourth-order valence-electron chi connectivity index (χ4n) is 1.90. The summed E-state index contributed by atoms with van der Waals surface area (Å²) in [5.74, 6) is 1.54. The fraction of sp³-hybridized carbons (Fsp3) is 0.643. The van der Waals surface area contributed by atoms with Gasteiger partial charge in [0.25, 0.3) is 0 Å². The molecule has 0 aromatic carbocycles. The van der Waals surface area contributed by atoms with Crippen molar-refractivity contribution in [1.29, 1.82) is 0 Å². The molecule has 4 heteroatoms. The van der Waals surface area contributed by atoms with Crippen LogP contribution in [0.3, 0.4) is 0 Å². The average molecular weight is 250 g/mol. The highest BCUT2D eigenvalue weighted by molar-refractivity contribution is 5.39. The highest BCUT2D eigenvalue weighted by Crippen LogP contribution is 2.19. The van der Waals surface area contributed by atoms with Gasteiger partial charge in [-0.2, -0.15) is 4.98 Å². The van der Waals surface area contributed by atoms with Crippen LogP contribution in [-0.2, 0) is 4.74 Å². The Bertz CT molecular complexity index is 382. The van der Waals surface area contributed by atoms with Crippen molar-refractivity contribution in [1.82, 2.24) is 4.98 Å². The van der Waals surface area contributed by atoms with E-state index >= 15 is 0 Å². The second kappa shape index (κ2) is 5.57. The summed E-state index contributed by atoms with van der Waals surface area (Å²) in [5.41, 5.74) is 0.00427. The number of hydrogen-bond acceptors (Lipinski definition) is 4. The van der Waals surface area contributed by atoms with Crippen LogP contribution in [0.1, 0.15) is 33.6 Å². The summed E-state index contributed by atoms with van der Waals surface area (Å²) in [6.07, 6.45) is 2.12. The Morgan fingerprint density at radius 3 is 2.67 bits per heavy atom. The molecule has 2 rings (SSSR count). The van der Waals surface area contributed by atoms with Crippen molar-refractivity contribution in [2.75, 3.05) is 18.5 Å². The second-order valence-electron chi connectivity index (χ2n) is 5.67. The van der Waals surface area contributed by atoms with Gasteiger partial charge in [0.2, 0.25) is 5.88 Å². The molecule has 1 N–H and O–H groups in total. The van der Waals surface area contributed by atoms with Gasteiger partial charge in [-0.25, -0.2) is 0 Å². The van der Waals surface area contributed by atoms with Gasteiger partial charge in [0, 0.05) is 24.4 Å². The minimum absolute atomic E-state index is 0.00427. The summed E-state index contributed by atoms with van der Waals surface area (Å²) in [6.45, 7) is 7.90. The van der Waals surface area contributed by atoms with Gasteiger partial charge in [0.15, 0.2) is 0 Å². The van der Waals surface area contributed by atoms with Crippen LogP contribution in [0.2, 0.25) is 0 Å². The van der Waals surface area contributed by atoms with E-state index < -0.39 is 0 Å². The molecule has 0 bridgehead atoms. The van der Waals surface area contributed by atoms with Crippen LogP contribution in [0.15, 0.2) is 18.2 Å². The number of anilines is 1. The summed E-state index contributed by atoms with van der Waals surface area (Å²) >= 11 is 0. The zero-order valence-electron chi connectivity index (χ0n) is 11.4. The van der Waals surface area contributed by atoms with Crippen molar-refractivity contribution in [3.05, 3.63) is 18.2 Å². The molecule has 0 spiro atoms. The third-order valence-corrected chi connectivity index (χ3v) is 2.68. The minimum Gasteiger partial charge on any atom is -0.474 e. The van der Waals surface area contributed by atoms with Gasteiger partial charge in [0.05, 0.1) is 13.2 Å². The van der Waals surface area contributed by atoms with E-state index in [4.69, 9.17) is 9.47 Å². The van der Waals surface area contributed by atoms with E-state index in [0.29, 0.717) is 5.88 Å². The van der Waals surface area contributed by atoms with Crippen molar-refractivity contribution >= 4 is 5.82 Å². The van der Waals surface area contributed by atoms with Gasteiger partial charge in [0.1, 0.15) is 11.9 Å². The van der Waals surface area contributed by atoms with E-state index in [-0.39, 0.29) is 11.6 Å². The Kier molecular flexibility index (Phi) is 4.07. The number of hydrogen-bond donors (Lipinski definition) is 1. The van der Waals surface area contributed by atoms with Crippen molar-refractivity contribution in [3.8, 4) is 5.88 Å². The molecule has 2 heterocycles. The van der Waals surface area contributed by atoms with Crippen LogP contribution in [0.4, 0.5) is 5.82 Å². The lowest BCUT2D eigenvalue weighted by molar-refractivity contribution is 0.0238. The lowest BCUT2D eigenvalue weighted by Gasteiger charge is -2.24. The van der Waals surface area contributed by atoms with E-state index in [1.165, 1.54) is 0 Å². The zero-order valence-corrected chi connectivity index (χ0v) is 11.4. The van der Waals surface area contributed by atoms with Crippen molar-refractivity contribution < 1.29 is 9.47 Å². The van der Waals surface area contributed by atoms with Crippen LogP contribution in [0.5, 0.6) is 5.88 Å². The number of aromatic nitrogens is 1. The predicted octanol–water partition coefficient (Wildman–Crippen LogP) is 2.85. The number of ether oxygens (including phenoxy) is 2. The first-order chi connectivity index (χ1) is 8.53. The van der Waals surface area contributed by atoms with E-state index in [9.17, 15) is 0 Å². The van der Waals surface area contributed by atoms with Crippen molar-refractivity contribution in [3.63, 3.8) is 0 Å². The normalized spacial score (nSPS) is 17.5. The van der Waals surface area contributed by atoms with Gasteiger partial charge >= 0.3 is 0 Å². The molecule has 4 nitrogen and oxygen atoms in total. The third kappa shape index (κ3) is 4.18. The maximum atomic E-state index is 5.88. The predicted molar refractivity (Wildman–Crippen MR) is 72.1 cm³/mol. The first kappa shape index (κ1) is 13.1. The quantitative estimate of drug-likeness (QED) is 0.896. The van der Waals surface area contributed by atoms with Gasteiger partial charge in [-0.15, -0.1) is 0 Å². The topological polar surface area (TPSA) is 43.4 Å². The molecule has 0 saturated carbocycles.